The normalized spacial score (nSPS) is 22.0. The fraction of sp³-hybridized carbons (Fsp3) is 0.351. The smallest absolute Gasteiger partial charge is 0.201 e. The number of rotatable bonds is 3. The van der Waals surface area contributed by atoms with E-state index in [4.69, 9.17) is 23.7 Å². The maximum atomic E-state index is 14.2. The molecule has 240 valence electrons. The van der Waals surface area contributed by atoms with Gasteiger partial charge in [-0.15, -0.1) is 0 Å². The number of methoxy groups -OCH3 is 3. The van der Waals surface area contributed by atoms with Crippen LogP contribution in [-0.4, -0.2) is 63.2 Å². The van der Waals surface area contributed by atoms with E-state index in [0.717, 1.165) is 41.6 Å². The third-order valence-corrected chi connectivity index (χ3v) is 9.88. The van der Waals surface area contributed by atoms with E-state index in [0.29, 0.717) is 59.4 Å². The number of aromatic hydroxyl groups is 1. The molecule has 0 amide bonds. The van der Waals surface area contributed by atoms with Gasteiger partial charge < -0.3 is 38.6 Å². The van der Waals surface area contributed by atoms with Gasteiger partial charge in [0, 0.05) is 25.4 Å². The van der Waals surface area contributed by atoms with E-state index in [9.17, 15) is 10.3 Å². The van der Waals surface area contributed by atoms with Crippen molar-refractivity contribution in [2.24, 2.45) is 0 Å². The summed E-state index contributed by atoms with van der Waals surface area (Å²) >= 11 is 0. The van der Waals surface area contributed by atoms with Crippen LogP contribution in [0.15, 0.2) is 60.7 Å². The molecule has 0 fully saturated rings. The van der Waals surface area contributed by atoms with Crippen LogP contribution in [0.25, 0.3) is 0 Å². The first-order valence-corrected chi connectivity index (χ1v) is 15.7. The summed E-state index contributed by atoms with van der Waals surface area (Å²) in [4.78, 5) is 2.35. The molecule has 9 heteroatoms. The van der Waals surface area contributed by atoms with Crippen molar-refractivity contribution in [2.75, 3.05) is 48.5 Å². The van der Waals surface area contributed by atoms with Gasteiger partial charge >= 0.3 is 0 Å². The zero-order valence-electron chi connectivity index (χ0n) is 27.0. The summed E-state index contributed by atoms with van der Waals surface area (Å²) in [6.45, 7) is 1.28. The Morgan fingerprint density at radius 2 is 1.50 bits per heavy atom. The zero-order valence-corrected chi connectivity index (χ0v) is 27.0. The molecule has 46 heavy (non-hydrogen) atoms. The number of phenols is 1. The monoisotopic (exact) mass is 624 g/mol. The van der Waals surface area contributed by atoms with E-state index in [1.165, 1.54) is 12.7 Å². The van der Waals surface area contributed by atoms with Gasteiger partial charge in [-0.3, -0.25) is 4.90 Å². The average molecular weight is 625 g/mol. The summed E-state index contributed by atoms with van der Waals surface area (Å²) in [6.07, 6.45) is 2.55. The Bertz CT molecular complexity index is 1790. The first kappa shape index (κ1) is 30.2. The maximum absolute atomic E-state index is 14.2. The van der Waals surface area contributed by atoms with Crippen LogP contribution in [0, 0.1) is 5.21 Å². The minimum Gasteiger partial charge on any atom is -0.633 e. The molecule has 3 atom stereocenters. The second-order valence-corrected chi connectivity index (χ2v) is 12.7. The van der Waals surface area contributed by atoms with Gasteiger partial charge in [0.15, 0.2) is 34.5 Å². The maximum Gasteiger partial charge on any atom is 0.201 e. The minimum absolute atomic E-state index is 0.0404. The van der Waals surface area contributed by atoms with E-state index in [1.807, 2.05) is 54.6 Å². The molecule has 6 bridgehead atoms. The van der Waals surface area contributed by atoms with E-state index in [1.54, 1.807) is 21.3 Å². The topological polar surface area (TPSA) is 92.7 Å². The van der Waals surface area contributed by atoms with Crippen LogP contribution < -0.4 is 23.7 Å². The minimum atomic E-state index is -0.541. The summed E-state index contributed by atoms with van der Waals surface area (Å²) in [5.74, 6) is 3.42. The van der Waals surface area contributed by atoms with E-state index < -0.39 is 10.7 Å². The molecule has 1 unspecified atom stereocenters. The molecule has 0 saturated heterocycles. The fourth-order valence-corrected chi connectivity index (χ4v) is 7.23. The first-order chi connectivity index (χ1) is 22.2. The molecule has 4 aromatic rings. The van der Waals surface area contributed by atoms with Gasteiger partial charge in [-0.2, -0.15) is 0 Å². The van der Waals surface area contributed by atoms with Crippen molar-refractivity contribution >= 4 is 0 Å². The summed E-state index contributed by atoms with van der Waals surface area (Å²) in [5, 5.41) is 25.8. The molecule has 0 spiro atoms. The Morgan fingerprint density at radius 3 is 2.24 bits per heavy atom. The number of likely N-dealkylation sites (N-methyl/N-ethyl adjacent to an activating group) is 2. The molecule has 1 N–H and O–H groups in total. The Hall–Kier alpha value is -4.44. The van der Waals surface area contributed by atoms with Gasteiger partial charge in [-0.05, 0) is 90.2 Å². The molecular formula is C37H40N2O7. The Labute approximate surface area is 269 Å². The fourth-order valence-electron chi connectivity index (χ4n) is 7.23. The molecule has 4 aliphatic heterocycles. The van der Waals surface area contributed by atoms with Crippen LogP contribution in [0.2, 0.25) is 0 Å². The van der Waals surface area contributed by atoms with Crippen LogP contribution >= 0.6 is 0 Å². The molecule has 0 radical (unpaired) electrons. The standard InChI is InChI=1S/C37H40N2O7/c1-38-14-12-24-19-31(43-4)33-21-27(24)28(38)16-23-8-11-30(42-3)32(18-23)45-26-9-6-22(7-10-26)17-29-35-25(13-15-39(29,2)41)20-34(44-5)36(40)37(35)46-33/h6-11,18-21,28-29,40H,12-17H2,1-5H3/t28-,29-,39?/m1/s1. The number of phenolic OH excluding ortho intramolecular Hbond substituents is 1. The molecule has 0 saturated carbocycles. The summed E-state index contributed by atoms with van der Waals surface area (Å²) in [5.41, 5.74) is 5.99. The van der Waals surface area contributed by atoms with Crippen molar-refractivity contribution in [1.82, 2.24) is 4.90 Å². The second-order valence-electron chi connectivity index (χ2n) is 12.7. The largest absolute Gasteiger partial charge is 0.633 e. The lowest BCUT2D eigenvalue weighted by molar-refractivity contribution is -0.894. The summed E-state index contributed by atoms with van der Waals surface area (Å²) < 4.78 is 29.7. The van der Waals surface area contributed by atoms with Gasteiger partial charge in [0.05, 0.1) is 40.5 Å². The third kappa shape index (κ3) is 5.28. The van der Waals surface area contributed by atoms with Crippen molar-refractivity contribution in [1.29, 1.82) is 0 Å². The number of fused-ring (bicyclic) bond motifs is 2. The number of quaternary nitrogens is 1. The lowest BCUT2D eigenvalue weighted by atomic mass is 9.87. The lowest BCUT2D eigenvalue weighted by Crippen LogP contribution is -2.47. The lowest BCUT2D eigenvalue weighted by Gasteiger charge is -2.49. The number of benzene rings is 4. The van der Waals surface area contributed by atoms with Gasteiger partial charge in [0.2, 0.25) is 5.75 Å². The quantitative estimate of drug-likeness (QED) is 0.195. The van der Waals surface area contributed by atoms with Gasteiger partial charge in [-0.1, -0.05) is 18.2 Å². The van der Waals surface area contributed by atoms with Gasteiger partial charge in [-0.25, -0.2) is 0 Å². The van der Waals surface area contributed by atoms with Crippen molar-refractivity contribution in [3.8, 4) is 46.0 Å². The Balaban J connectivity index is 1.46. The highest BCUT2D eigenvalue weighted by Gasteiger charge is 2.39. The number of hydrogen-bond donors (Lipinski definition) is 1. The highest BCUT2D eigenvalue weighted by atomic mass is 16.5. The second kappa shape index (κ2) is 11.7. The van der Waals surface area contributed by atoms with Crippen molar-refractivity contribution in [2.45, 2.75) is 37.8 Å². The molecule has 4 aliphatic rings. The highest BCUT2D eigenvalue weighted by molar-refractivity contribution is 5.62. The average Bonchev–Trinajstić information content (AvgIpc) is 3.05. The molecule has 4 heterocycles. The Kier molecular flexibility index (Phi) is 7.71. The number of hydroxylamine groups is 3. The van der Waals surface area contributed by atoms with Crippen LogP contribution in [0.5, 0.6) is 46.0 Å². The van der Waals surface area contributed by atoms with Crippen LogP contribution in [-0.2, 0) is 25.7 Å². The van der Waals surface area contributed by atoms with E-state index in [2.05, 4.69) is 18.0 Å². The molecule has 8 rings (SSSR count). The number of nitrogens with zero attached hydrogens (tertiary/aromatic N) is 2. The number of ether oxygens (including phenoxy) is 5. The molecule has 9 nitrogen and oxygen atoms in total. The molecular weight excluding hydrogens is 584 g/mol. The predicted molar refractivity (Wildman–Crippen MR) is 175 cm³/mol. The third-order valence-electron chi connectivity index (χ3n) is 9.88. The van der Waals surface area contributed by atoms with Crippen molar-refractivity contribution in [3.63, 3.8) is 0 Å². The van der Waals surface area contributed by atoms with Gasteiger partial charge in [0.25, 0.3) is 0 Å². The van der Waals surface area contributed by atoms with Crippen molar-refractivity contribution < 1.29 is 33.4 Å². The summed E-state index contributed by atoms with van der Waals surface area (Å²) in [7, 11) is 8.62. The molecule has 0 aromatic heterocycles. The Morgan fingerprint density at radius 1 is 0.804 bits per heavy atom. The molecule has 4 aromatic carbocycles. The SMILES string of the molecule is COc1ccc2cc1Oc1ccc(cc1)C[C@@H]1c3c(cc(OC)c(O)c3Oc3cc4c(cc3OC)CCN(C)[C@@H]4C2)CC[N+]1(C)[O-]. The number of hydrogen-bond acceptors (Lipinski definition) is 8. The predicted octanol–water partition coefficient (Wildman–Crippen LogP) is 6.87. The zero-order chi connectivity index (χ0) is 32.2. The van der Waals surface area contributed by atoms with Crippen LogP contribution in [0.3, 0.4) is 0 Å². The molecule has 0 aliphatic carbocycles. The van der Waals surface area contributed by atoms with Crippen LogP contribution in [0.4, 0.5) is 0 Å². The van der Waals surface area contributed by atoms with Crippen LogP contribution in [0.1, 0.15) is 45.5 Å². The van der Waals surface area contributed by atoms with Gasteiger partial charge in [0.1, 0.15) is 11.8 Å². The van der Waals surface area contributed by atoms with E-state index in [-0.39, 0.29) is 17.5 Å². The highest BCUT2D eigenvalue weighted by Crippen LogP contribution is 2.52. The van der Waals surface area contributed by atoms with E-state index >= 15 is 0 Å². The summed E-state index contributed by atoms with van der Waals surface area (Å²) in [6, 6.07) is 19.3. The van der Waals surface area contributed by atoms with Crippen molar-refractivity contribution in [3.05, 3.63) is 99.3 Å². The first-order valence-electron chi connectivity index (χ1n) is 15.7.